The van der Waals surface area contributed by atoms with E-state index in [1.54, 1.807) is 18.5 Å². The van der Waals surface area contributed by atoms with Gasteiger partial charge in [-0.15, -0.1) is 0 Å². The Morgan fingerprint density at radius 2 is 1.75 bits per heavy atom. The Bertz CT molecular complexity index is 760. The molecule has 2 heterocycles. The highest BCUT2D eigenvalue weighted by Crippen LogP contribution is 2.30. The lowest BCUT2D eigenvalue weighted by Crippen LogP contribution is -2.47. The fraction of sp³-hybridized carbons (Fsp3) is 0.267. The summed E-state index contributed by atoms with van der Waals surface area (Å²) in [4.78, 5) is 34.0. The summed E-state index contributed by atoms with van der Waals surface area (Å²) in [7, 11) is 0. The summed E-state index contributed by atoms with van der Waals surface area (Å²) in [5.41, 5.74) is 0.139. The predicted molar refractivity (Wildman–Crippen MR) is 86.5 cm³/mol. The Balaban J connectivity index is 1.79. The summed E-state index contributed by atoms with van der Waals surface area (Å²) >= 11 is 0. The van der Waals surface area contributed by atoms with E-state index in [1.807, 2.05) is 9.80 Å². The van der Waals surface area contributed by atoms with E-state index < -0.39 is 10.9 Å². The first-order valence-corrected chi connectivity index (χ1v) is 7.35. The van der Waals surface area contributed by atoms with Gasteiger partial charge in [-0.2, -0.15) is 0 Å². The normalized spacial score (nSPS) is 14.5. The van der Waals surface area contributed by atoms with Gasteiger partial charge < -0.3 is 14.9 Å². The maximum Gasteiger partial charge on any atom is 0.335 e. The van der Waals surface area contributed by atoms with Crippen molar-refractivity contribution in [2.75, 3.05) is 36.0 Å². The van der Waals surface area contributed by atoms with Gasteiger partial charge in [-0.25, -0.2) is 14.8 Å². The molecule has 0 unspecified atom stereocenters. The minimum atomic E-state index is -1.18. The molecule has 1 aliphatic heterocycles. The van der Waals surface area contributed by atoms with Crippen LogP contribution in [-0.2, 0) is 0 Å². The maximum absolute atomic E-state index is 11.3. The van der Waals surface area contributed by atoms with E-state index in [1.165, 1.54) is 12.1 Å². The van der Waals surface area contributed by atoms with Crippen molar-refractivity contribution in [1.29, 1.82) is 0 Å². The number of aromatic carboxylic acids is 1. The first kappa shape index (κ1) is 15.7. The molecule has 3 rings (SSSR count). The van der Waals surface area contributed by atoms with Crippen LogP contribution in [0.1, 0.15) is 10.4 Å². The molecule has 0 aliphatic carbocycles. The molecule has 9 nitrogen and oxygen atoms in total. The zero-order valence-corrected chi connectivity index (χ0v) is 12.7. The molecule has 1 N–H and O–H groups in total. The summed E-state index contributed by atoms with van der Waals surface area (Å²) in [5.74, 6) is -0.552. The van der Waals surface area contributed by atoms with Crippen LogP contribution in [0.3, 0.4) is 0 Å². The lowest BCUT2D eigenvalue weighted by atomic mass is 10.1. The van der Waals surface area contributed by atoms with E-state index >= 15 is 0 Å². The zero-order chi connectivity index (χ0) is 17.1. The number of anilines is 2. The molecular weight excluding hydrogens is 314 g/mol. The molecule has 1 saturated heterocycles. The number of aromatic nitrogens is 2. The molecule has 1 aromatic carbocycles. The summed E-state index contributed by atoms with van der Waals surface area (Å²) in [6.07, 6.45) is 3.34. The van der Waals surface area contributed by atoms with Gasteiger partial charge in [-0.05, 0) is 18.2 Å². The van der Waals surface area contributed by atoms with Gasteiger partial charge in [-0.1, -0.05) is 0 Å². The van der Waals surface area contributed by atoms with Crippen LogP contribution in [0, 0.1) is 10.1 Å². The first-order chi connectivity index (χ1) is 11.6. The molecule has 1 aromatic heterocycles. The van der Waals surface area contributed by atoms with Crippen molar-refractivity contribution in [1.82, 2.24) is 9.97 Å². The van der Waals surface area contributed by atoms with Gasteiger partial charge in [0.15, 0.2) is 0 Å². The maximum atomic E-state index is 11.3. The number of nitro groups is 1. The first-order valence-electron chi connectivity index (χ1n) is 7.35. The highest BCUT2D eigenvalue weighted by Gasteiger charge is 2.25. The highest BCUT2D eigenvalue weighted by atomic mass is 16.6. The highest BCUT2D eigenvalue weighted by molar-refractivity contribution is 5.89. The van der Waals surface area contributed by atoms with Gasteiger partial charge in [0.25, 0.3) is 5.69 Å². The van der Waals surface area contributed by atoms with Crippen molar-refractivity contribution in [2.45, 2.75) is 0 Å². The number of piperazine rings is 1. The molecule has 0 amide bonds. The molecule has 124 valence electrons. The van der Waals surface area contributed by atoms with Crippen LogP contribution < -0.4 is 9.80 Å². The number of hydrogen-bond donors (Lipinski definition) is 1. The second-order valence-corrected chi connectivity index (χ2v) is 5.29. The van der Waals surface area contributed by atoms with Crippen molar-refractivity contribution >= 4 is 23.3 Å². The smallest absolute Gasteiger partial charge is 0.335 e. The fourth-order valence-electron chi connectivity index (χ4n) is 2.67. The van der Waals surface area contributed by atoms with E-state index in [-0.39, 0.29) is 11.3 Å². The van der Waals surface area contributed by atoms with Gasteiger partial charge in [-0.3, -0.25) is 10.1 Å². The van der Waals surface area contributed by atoms with E-state index in [9.17, 15) is 14.9 Å². The molecule has 1 aliphatic rings. The molecule has 0 saturated carbocycles. The van der Waals surface area contributed by atoms with Crippen LogP contribution in [0.25, 0.3) is 0 Å². The number of rotatable bonds is 4. The van der Waals surface area contributed by atoms with Crippen molar-refractivity contribution in [2.24, 2.45) is 0 Å². The van der Waals surface area contributed by atoms with Gasteiger partial charge >= 0.3 is 5.97 Å². The number of carboxylic acid groups (broad SMARTS) is 1. The predicted octanol–water partition coefficient (Wildman–Crippen LogP) is 1.41. The van der Waals surface area contributed by atoms with E-state index in [4.69, 9.17) is 5.11 Å². The number of nitrogens with zero attached hydrogens (tertiary/aromatic N) is 5. The summed E-state index contributed by atoms with van der Waals surface area (Å²) in [5, 5.41) is 20.3. The molecule has 9 heteroatoms. The molecule has 1 fully saturated rings. The van der Waals surface area contributed by atoms with Crippen molar-refractivity contribution in [3.63, 3.8) is 0 Å². The van der Waals surface area contributed by atoms with Gasteiger partial charge in [0.2, 0.25) is 5.95 Å². The second kappa shape index (κ2) is 6.49. The van der Waals surface area contributed by atoms with Crippen LogP contribution in [0.15, 0.2) is 36.7 Å². The zero-order valence-electron chi connectivity index (χ0n) is 12.7. The largest absolute Gasteiger partial charge is 0.478 e. The van der Waals surface area contributed by atoms with Crippen LogP contribution in [0.2, 0.25) is 0 Å². The number of carbonyl (C=O) groups is 1. The van der Waals surface area contributed by atoms with Crippen LogP contribution in [0.4, 0.5) is 17.3 Å². The molecule has 24 heavy (non-hydrogen) atoms. The third-order valence-electron chi connectivity index (χ3n) is 3.87. The molecule has 2 aromatic rings. The number of nitro benzene ring substituents is 1. The van der Waals surface area contributed by atoms with Gasteiger partial charge in [0.1, 0.15) is 5.69 Å². The van der Waals surface area contributed by atoms with Crippen LogP contribution in [-0.4, -0.2) is 52.1 Å². The molecule has 0 bridgehead atoms. The van der Waals surface area contributed by atoms with Crippen molar-refractivity contribution in [3.05, 3.63) is 52.3 Å². The average Bonchev–Trinajstić information content (AvgIpc) is 2.62. The monoisotopic (exact) mass is 329 g/mol. The Morgan fingerprint density at radius 1 is 1.12 bits per heavy atom. The standard InChI is InChI=1S/C15H15N5O4/c21-14(22)11-2-3-12(13(10-11)20(23)24)18-6-8-19(9-7-18)15-16-4-1-5-17-15/h1-5,10H,6-9H2,(H,21,22). The van der Waals surface area contributed by atoms with Crippen molar-refractivity contribution in [3.8, 4) is 0 Å². The fourth-order valence-corrected chi connectivity index (χ4v) is 2.67. The van der Waals surface area contributed by atoms with Gasteiger partial charge in [0.05, 0.1) is 10.5 Å². The minimum Gasteiger partial charge on any atom is -0.478 e. The summed E-state index contributed by atoms with van der Waals surface area (Å²) in [6, 6.07) is 5.73. The van der Waals surface area contributed by atoms with Crippen LogP contribution in [0.5, 0.6) is 0 Å². The lowest BCUT2D eigenvalue weighted by Gasteiger charge is -2.35. The molecule has 0 radical (unpaired) electrons. The minimum absolute atomic E-state index is 0.0956. The average molecular weight is 329 g/mol. The van der Waals surface area contributed by atoms with Gasteiger partial charge in [0, 0.05) is 44.6 Å². The second-order valence-electron chi connectivity index (χ2n) is 5.29. The summed E-state index contributed by atoms with van der Waals surface area (Å²) < 4.78 is 0. The topological polar surface area (TPSA) is 113 Å². The Hall–Kier alpha value is -3.23. The number of carboxylic acids is 1. The van der Waals surface area contributed by atoms with E-state index in [0.717, 1.165) is 6.07 Å². The molecule has 0 spiro atoms. The molecule has 0 atom stereocenters. The Morgan fingerprint density at radius 3 is 2.33 bits per heavy atom. The third-order valence-corrected chi connectivity index (χ3v) is 3.87. The number of benzene rings is 1. The van der Waals surface area contributed by atoms with E-state index in [2.05, 4.69) is 9.97 Å². The van der Waals surface area contributed by atoms with Crippen LogP contribution >= 0.6 is 0 Å². The molecular formula is C15H15N5O4. The third kappa shape index (κ3) is 3.09. The summed E-state index contributed by atoms with van der Waals surface area (Å²) in [6.45, 7) is 2.38. The quantitative estimate of drug-likeness (QED) is 0.662. The van der Waals surface area contributed by atoms with Crippen molar-refractivity contribution < 1.29 is 14.8 Å². The van der Waals surface area contributed by atoms with E-state index in [0.29, 0.717) is 37.8 Å². The SMILES string of the molecule is O=C(O)c1ccc(N2CCN(c3ncccn3)CC2)c([N+](=O)[O-])c1. The lowest BCUT2D eigenvalue weighted by molar-refractivity contribution is -0.384. The Labute approximate surface area is 137 Å². The Kier molecular flexibility index (Phi) is 4.23. The number of hydrogen-bond acceptors (Lipinski definition) is 7.